The minimum Gasteiger partial charge on any atom is -0.444 e. The molecule has 0 saturated carbocycles. The molecule has 0 radical (unpaired) electrons. The number of anilines is 1. The number of carbonyl (C=O) groups excluding carboxylic acids is 2. The maximum Gasteiger partial charge on any atom is 0.410 e. The minimum atomic E-state index is -3.91. The van der Waals surface area contributed by atoms with Gasteiger partial charge in [0, 0.05) is 6.54 Å². The van der Waals surface area contributed by atoms with Gasteiger partial charge in [0.2, 0.25) is 10.0 Å². The average molecular weight is 445 g/mol. The lowest BCUT2D eigenvalue weighted by atomic mass is 10.1. The van der Waals surface area contributed by atoms with E-state index in [1.165, 1.54) is 4.90 Å². The van der Waals surface area contributed by atoms with Crippen LogP contribution in [0.25, 0.3) is 11.1 Å². The zero-order chi connectivity index (χ0) is 22.8. The average Bonchev–Trinajstić information content (AvgIpc) is 3.17. The number of rotatable bonds is 4. The maximum absolute atomic E-state index is 13.3. The molecule has 1 aliphatic heterocycles. The van der Waals surface area contributed by atoms with E-state index in [0.29, 0.717) is 19.4 Å². The smallest absolute Gasteiger partial charge is 0.410 e. The quantitative estimate of drug-likeness (QED) is 0.710. The zero-order valence-electron chi connectivity index (χ0n) is 18.2. The van der Waals surface area contributed by atoms with E-state index in [1.807, 2.05) is 30.3 Å². The van der Waals surface area contributed by atoms with Gasteiger partial charge in [-0.05, 0) is 56.9 Å². The molecular weight excluding hydrogens is 416 g/mol. The summed E-state index contributed by atoms with van der Waals surface area (Å²) in [7, 11) is -3.91. The molecule has 1 fully saturated rings. The van der Waals surface area contributed by atoms with Crippen LogP contribution in [0.3, 0.4) is 0 Å². The molecule has 0 aromatic heterocycles. The first kappa shape index (κ1) is 22.8. The van der Waals surface area contributed by atoms with Crippen LogP contribution < -0.4 is 4.31 Å². The molecule has 1 unspecified atom stereocenters. The molecule has 31 heavy (non-hydrogen) atoms. The van der Waals surface area contributed by atoms with Crippen LogP contribution >= 0.6 is 0 Å². The van der Waals surface area contributed by atoms with E-state index in [2.05, 4.69) is 0 Å². The number of ether oxygens (including phenoxy) is 1. The second-order valence-corrected chi connectivity index (χ2v) is 10.4. The Bertz CT molecular complexity index is 1040. The highest BCUT2D eigenvalue weighted by molar-refractivity contribution is 7.92. The number of likely N-dealkylation sites (tertiary alicyclic amines) is 1. The molecule has 2 amide bonds. The van der Waals surface area contributed by atoms with Gasteiger partial charge in [-0.2, -0.15) is 0 Å². The topological polar surface area (TPSA) is 84.0 Å². The van der Waals surface area contributed by atoms with Gasteiger partial charge in [-0.1, -0.05) is 42.5 Å². The number of nitrogens with zero attached hydrogens (tertiary/aromatic N) is 2. The summed E-state index contributed by atoms with van der Waals surface area (Å²) in [5.74, 6) is -0.654. The van der Waals surface area contributed by atoms with Crippen molar-refractivity contribution in [1.29, 1.82) is 0 Å². The lowest BCUT2D eigenvalue weighted by Gasteiger charge is -2.30. The Hall–Kier alpha value is -2.87. The van der Waals surface area contributed by atoms with E-state index < -0.39 is 33.7 Å². The first-order valence-electron chi connectivity index (χ1n) is 10.2. The molecule has 0 aliphatic carbocycles. The monoisotopic (exact) mass is 444 g/mol. The number of hydrogen-bond acceptors (Lipinski definition) is 5. The van der Waals surface area contributed by atoms with Crippen LogP contribution in [-0.4, -0.2) is 49.8 Å². The van der Waals surface area contributed by atoms with Crippen LogP contribution in [0, 0.1) is 0 Å². The summed E-state index contributed by atoms with van der Waals surface area (Å²) in [5.41, 5.74) is 1.42. The SMILES string of the molecule is CC(C)(C)OC(=O)N1CCCC1C(=O)N(c1ccc(-c2ccccc2)cc1)S(C)(=O)=O. The predicted octanol–water partition coefficient (Wildman–Crippen LogP) is 4.05. The van der Waals surface area contributed by atoms with E-state index in [4.69, 9.17) is 4.74 Å². The summed E-state index contributed by atoms with van der Waals surface area (Å²) in [6.45, 7) is 5.58. The summed E-state index contributed by atoms with van der Waals surface area (Å²) in [5, 5.41) is 0. The van der Waals surface area contributed by atoms with E-state index >= 15 is 0 Å². The second-order valence-electron chi connectivity index (χ2n) is 8.61. The summed E-state index contributed by atoms with van der Waals surface area (Å²) in [6.07, 6.45) is 1.35. The van der Waals surface area contributed by atoms with E-state index in [-0.39, 0.29) is 5.69 Å². The zero-order valence-corrected chi connectivity index (χ0v) is 19.1. The first-order chi connectivity index (χ1) is 14.5. The standard InChI is InChI=1S/C23H28N2O5S/c1-23(2,3)30-22(27)24-16-8-11-20(24)21(26)25(31(4,28)29)19-14-12-18(13-15-19)17-9-6-5-7-10-17/h5-7,9-10,12-15,20H,8,11,16H2,1-4H3. The van der Waals surface area contributed by atoms with Gasteiger partial charge >= 0.3 is 6.09 Å². The van der Waals surface area contributed by atoms with Crippen LogP contribution in [0.2, 0.25) is 0 Å². The molecule has 0 spiro atoms. The summed E-state index contributed by atoms with van der Waals surface area (Å²) >= 11 is 0. The van der Waals surface area contributed by atoms with E-state index in [9.17, 15) is 18.0 Å². The van der Waals surface area contributed by atoms with Crippen molar-refractivity contribution < 1.29 is 22.7 Å². The van der Waals surface area contributed by atoms with Crippen LogP contribution in [-0.2, 0) is 19.6 Å². The molecule has 0 bridgehead atoms. The molecule has 0 N–H and O–H groups in total. The number of amides is 2. The molecular formula is C23H28N2O5S. The summed E-state index contributed by atoms with van der Waals surface area (Å²) in [4.78, 5) is 27.2. The Morgan fingerprint density at radius 2 is 1.58 bits per heavy atom. The largest absolute Gasteiger partial charge is 0.444 e. The Morgan fingerprint density at radius 3 is 2.13 bits per heavy atom. The van der Waals surface area contributed by atoms with Gasteiger partial charge in [0.1, 0.15) is 11.6 Å². The predicted molar refractivity (Wildman–Crippen MR) is 120 cm³/mol. The molecule has 3 rings (SSSR count). The number of benzene rings is 2. The fraction of sp³-hybridized carbons (Fsp3) is 0.391. The highest BCUT2D eigenvalue weighted by Gasteiger charge is 2.41. The minimum absolute atomic E-state index is 0.239. The van der Waals surface area contributed by atoms with Crippen LogP contribution in [0.4, 0.5) is 10.5 Å². The van der Waals surface area contributed by atoms with Crippen LogP contribution in [0.15, 0.2) is 54.6 Å². The Balaban J connectivity index is 1.89. The van der Waals surface area contributed by atoms with Crippen LogP contribution in [0.1, 0.15) is 33.6 Å². The van der Waals surface area contributed by atoms with E-state index in [0.717, 1.165) is 21.7 Å². The molecule has 2 aromatic rings. The van der Waals surface area contributed by atoms with Crippen molar-refractivity contribution in [2.45, 2.75) is 45.3 Å². The van der Waals surface area contributed by atoms with Gasteiger partial charge in [-0.15, -0.1) is 0 Å². The highest BCUT2D eigenvalue weighted by Crippen LogP contribution is 2.28. The van der Waals surface area contributed by atoms with Crippen LogP contribution in [0.5, 0.6) is 0 Å². The number of carbonyl (C=O) groups is 2. The van der Waals surface area contributed by atoms with Gasteiger partial charge in [0.25, 0.3) is 5.91 Å². The summed E-state index contributed by atoms with van der Waals surface area (Å²) < 4.78 is 31.3. The molecule has 7 nitrogen and oxygen atoms in total. The molecule has 1 atom stereocenters. The molecule has 2 aromatic carbocycles. The lowest BCUT2D eigenvalue weighted by Crippen LogP contribution is -2.50. The lowest BCUT2D eigenvalue weighted by molar-refractivity contribution is -0.121. The van der Waals surface area contributed by atoms with Crippen molar-refractivity contribution in [2.75, 3.05) is 17.1 Å². The molecule has 1 saturated heterocycles. The first-order valence-corrected chi connectivity index (χ1v) is 12.0. The Morgan fingerprint density at radius 1 is 1.00 bits per heavy atom. The van der Waals surface area contributed by atoms with Crippen molar-refractivity contribution in [3.8, 4) is 11.1 Å². The van der Waals surface area contributed by atoms with E-state index in [1.54, 1.807) is 45.0 Å². The molecule has 1 aliphatic rings. The van der Waals surface area contributed by atoms with Gasteiger partial charge in [-0.3, -0.25) is 9.69 Å². The Labute approximate surface area is 183 Å². The second kappa shape index (κ2) is 8.70. The van der Waals surface area contributed by atoms with Crippen molar-refractivity contribution in [3.05, 3.63) is 54.6 Å². The molecule has 8 heteroatoms. The third kappa shape index (κ3) is 5.44. The molecule has 166 valence electrons. The van der Waals surface area contributed by atoms with Gasteiger partial charge in [0.15, 0.2) is 0 Å². The number of sulfonamides is 1. The normalized spacial score (nSPS) is 16.8. The third-order valence-corrected chi connectivity index (χ3v) is 5.96. The van der Waals surface area contributed by atoms with Gasteiger partial charge in [0.05, 0.1) is 11.9 Å². The fourth-order valence-corrected chi connectivity index (χ4v) is 4.55. The fourth-order valence-electron chi connectivity index (χ4n) is 3.60. The highest BCUT2D eigenvalue weighted by atomic mass is 32.2. The Kier molecular flexibility index (Phi) is 6.40. The van der Waals surface area contributed by atoms with Crippen molar-refractivity contribution in [1.82, 2.24) is 4.90 Å². The molecule has 1 heterocycles. The third-order valence-electron chi connectivity index (χ3n) is 4.91. The summed E-state index contributed by atoms with van der Waals surface area (Å²) in [6, 6.07) is 15.5. The maximum atomic E-state index is 13.3. The van der Waals surface area contributed by atoms with Gasteiger partial charge in [-0.25, -0.2) is 17.5 Å². The van der Waals surface area contributed by atoms with Crippen molar-refractivity contribution in [3.63, 3.8) is 0 Å². The van der Waals surface area contributed by atoms with Gasteiger partial charge < -0.3 is 4.74 Å². The number of hydrogen-bond donors (Lipinski definition) is 0. The van der Waals surface area contributed by atoms with Crippen molar-refractivity contribution >= 4 is 27.7 Å². The van der Waals surface area contributed by atoms with Crippen molar-refractivity contribution in [2.24, 2.45) is 0 Å².